The van der Waals surface area contributed by atoms with Crippen LogP contribution >= 0.6 is 11.8 Å². The number of rotatable bonds is 1. The standard InChI is InChI=1S/C10H20OS/c1-9(2)6-8(12-5)7-10(3,4)11-9/h8H,6-7H2,1-5H3. The zero-order valence-corrected chi connectivity index (χ0v) is 9.62. The Morgan fingerprint density at radius 1 is 1.08 bits per heavy atom. The minimum Gasteiger partial charge on any atom is -0.370 e. The highest BCUT2D eigenvalue weighted by atomic mass is 32.2. The minimum atomic E-state index is 0.0649. The van der Waals surface area contributed by atoms with Crippen molar-refractivity contribution in [3.8, 4) is 0 Å². The van der Waals surface area contributed by atoms with E-state index in [9.17, 15) is 0 Å². The Bertz CT molecular complexity index is 147. The lowest BCUT2D eigenvalue weighted by Gasteiger charge is -2.44. The summed E-state index contributed by atoms with van der Waals surface area (Å²) >= 11 is 1.97. The molecule has 2 heteroatoms. The quantitative estimate of drug-likeness (QED) is 0.625. The van der Waals surface area contributed by atoms with Gasteiger partial charge < -0.3 is 4.74 Å². The first-order chi connectivity index (χ1) is 5.35. The molecule has 1 heterocycles. The Hall–Kier alpha value is 0.310. The zero-order chi connectivity index (χ0) is 9.41. The van der Waals surface area contributed by atoms with Crippen molar-refractivity contribution in [2.75, 3.05) is 6.26 Å². The van der Waals surface area contributed by atoms with E-state index in [0.29, 0.717) is 0 Å². The lowest BCUT2D eigenvalue weighted by molar-refractivity contribution is -0.152. The smallest absolute Gasteiger partial charge is 0.0644 e. The Morgan fingerprint density at radius 3 is 1.83 bits per heavy atom. The normalized spacial score (nSPS) is 28.8. The van der Waals surface area contributed by atoms with Crippen molar-refractivity contribution < 1.29 is 4.74 Å². The molecule has 0 unspecified atom stereocenters. The van der Waals surface area contributed by atoms with Crippen LogP contribution in [0.15, 0.2) is 0 Å². The van der Waals surface area contributed by atoms with Crippen LogP contribution < -0.4 is 0 Å². The molecule has 1 saturated heterocycles. The Morgan fingerprint density at radius 2 is 1.50 bits per heavy atom. The lowest BCUT2D eigenvalue weighted by Crippen LogP contribution is -2.46. The van der Waals surface area contributed by atoms with Gasteiger partial charge in [0.2, 0.25) is 0 Å². The van der Waals surface area contributed by atoms with Gasteiger partial charge in [-0.1, -0.05) is 0 Å². The zero-order valence-electron chi connectivity index (χ0n) is 8.81. The molecule has 0 N–H and O–H groups in total. The summed E-state index contributed by atoms with van der Waals surface area (Å²) in [5, 5.41) is 0.767. The largest absolute Gasteiger partial charge is 0.370 e. The van der Waals surface area contributed by atoms with Gasteiger partial charge in [-0.2, -0.15) is 11.8 Å². The van der Waals surface area contributed by atoms with Crippen molar-refractivity contribution in [2.45, 2.75) is 57.0 Å². The second-order valence-electron chi connectivity index (χ2n) is 4.89. The number of ether oxygens (including phenoxy) is 1. The molecule has 0 spiro atoms. The van der Waals surface area contributed by atoms with E-state index in [1.54, 1.807) is 0 Å². The van der Waals surface area contributed by atoms with Gasteiger partial charge in [-0.05, 0) is 46.8 Å². The van der Waals surface area contributed by atoms with Gasteiger partial charge in [0.25, 0.3) is 0 Å². The van der Waals surface area contributed by atoms with Gasteiger partial charge in [0, 0.05) is 5.25 Å². The van der Waals surface area contributed by atoms with Gasteiger partial charge in [0.05, 0.1) is 11.2 Å². The molecule has 0 amide bonds. The molecular formula is C10H20OS. The highest BCUT2D eigenvalue weighted by Crippen LogP contribution is 2.39. The predicted molar refractivity (Wildman–Crippen MR) is 55.8 cm³/mol. The van der Waals surface area contributed by atoms with E-state index in [0.717, 1.165) is 5.25 Å². The molecule has 1 fully saturated rings. The van der Waals surface area contributed by atoms with Crippen molar-refractivity contribution in [1.82, 2.24) is 0 Å². The maximum absolute atomic E-state index is 5.98. The van der Waals surface area contributed by atoms with E-state index < -0.39 is 0 Å². The summed E-state index contributed by atoms with van der Waals surface area (Å²) in [6, 6.07) is 0. The van der Waals surface area contributed by atoms with Crippen LogP contribution in [0.4, 0.5) is 0 Å². The summed E-state index contributed by atoms with van der Waals surface area (Å²) in [7, 11) is 0. The predicted octanol–water partition coefficient (Wildman–Crippen LogP) is 3.09. The van der Waals surface area contributed by atoms with Gasteiger partial charge in [0.1, 0.15) is 0 Å². The third-order valence-corrected chi connectivity index (χ3v) is 3.32. The number of hydrogen-bond donors (Lipinski definition) is 0. The summed E-state index contributed by atoms with van der Waals surface area (Å²) in [6.45, 7) is 8.77. The van der Waals surface area contributed by atoms with E-state index in [4.69, 9.17) is 4.74 Å². The fourth-order valence-corrected chi connectivity index (χ4v) is 3.30. The van der Waals surface area contributed by atoms with Crippen LogP contribution in [-0.2, 0) is 4.74 Å². The SMILES string of the molecule is CSC1CC(C)(C)OC(C)(C)C1. The monoisotopic (exact) mass is 188 g/mol. The topological polar surface area (TPSA) is 9.23 Å². The van der Waals surface area contributed by atoms with Gasteiger partial charge in [-0.15, -0.1) is 0 Å². The molecule has 12 heavy (non-hydrogen) atoms. The van der Waals surface area contributed by atoms with Gasteiger partial charge in [0.15, 0.2) is 0 Å². The molecule has 0 radical (unpaired) electrons. The molecule has 0 aromatic heterocycles. The van der Waals surface area contributed by atoms with Crippen molar-refractivity contribution >= 4 is 11.8 Å². The summed E-state index contributed by atoms with van der Waals surface area (Å²) in [4.78, 5) is 0. The highest BCUT2D eigenvalue weighted by molar-refractivity contribution is 7.99. The number of hydrogen-bond acceptors (Lipinski definition) is 2. The van der Waals surface area contributed by atoms with E-state index in [1.165, 1.54) is 12.8 Å². The molecule has 0 aromatic rings. The van der Waals surface area contributed by atoms with Crippen molar-refractivity contribution in [2.24, 2.45) is 0 Å². The molecule has 0 saturated carbocycles. The molecule has 1 rings (SSSR count). The molecule has 0 bridgehead atoms. The molecule has 1 nitrogen and oxygen atoms in total. The van der Waals surface area contributed by atoms with Crippen LogP contribution in [0.1, 0.15) is 40.5 Å². The van der Waals surface area contributed by atoms with Crippen LogP contribution in [0.3, 0.4) is 0 Å². The van der Waals surface area contributed by atoms with Crippen LogP contribution in [0.25, 0.3) is 0 Å². The second kappa shape index (κ2) is 3.22. The Kier molecular flexibility index (Phi) is 2.79. The third-order valence-electron chi connectivity index (χ3n) is 2.32. The fourth-order valence-electron chi connectivity index (χ4n) is 2.17. The van der Waals surface area contributed by atoms with Crippen LogP contribution in [0.2, 0.25) is 0 Å². The fraction of sp³-hybridized carbons (Fsp3) is 1.00. The highest BCUT2D eigenvalue weighted by Gasteiger charge is 2.38. The first kappa shape index (κ1) is 10.4. The van der Waals surface area contributed by atoms with E-state index in [-0.39, 0.29) is 11.2 Å². The summed E-state index contributed by atoms with van der Waals surface area (Å²) in [6.07, 6.45) is 4.55. The van der Waals surface area contributed by atoms with E-state index in [1.807, 2.05) is 11.8 Å². The average molecular weight is 188 g/mol. The first-order valence-electron chi connectivity index (χ1n) is 4.58. The molecule has 1 aliphatic rings. The first-order valence-corrected chi connectivity index (χ1v) is 5.86. The third kappa shape index (κ3) is 2.67. The van der Waals surface area contributed by atoms with E-state index >= 15 is 0 Å². The number of thioether (sulfide) groups is 1. The van der Waals surface area contributed by atoms with Crippen LogP contribution in [-0.4, -0.2) is 22.7 Å². The van der Waals surface area contributed by atoms with Gasteiger partial charge in [-0.3, -0.25) is 0 Å². The van der Waals surface area contributed by atoms with E-state index in [2.05, 4.69) is 34.0 Å². The molecule has 0 atom stereocenters. The average Bonchev–Trinajstić information content (AvgIpc) is 1.80. The molecular weight excluding hydrogens is 168 g/mol. The summed E-state index contributed by atoms with van der Waals surface area (Å²) in [5.74, 6) is 0. The van der Waals surface area contributed by atoms with Crippen molar-refractivity contribution in [3.63, 3.8) is 0 Å². The Balaban J connectivity index is 2.66. The summed E-state index contributed by atoms with van der Waals surface area (Å²) in [5.41, 5.74) is 0.130. The summed E-state index contributed by atoms with van der Waals surface area (Å²) < 4.78 is 5.98. The molecule has 0 aromatic carbocycles. The van der Waals surface area contributed by atoms with Crippen molar-refractivity contribution in [1.29, 1.82) is 0 Å². The van der Waals surface area contributed by atoms with Crippen molar-refractivity contribution in [3.05, 3.63) is 0 Å². The maximum atomic E-state index is 5.98. The maximum Gasteiger partial charge on any atom is 0.0644 e. The lowest BCUT2D eigenvalue weighted by atomic mass is 9.89. The molecule has 1 aliphatic heterocycles. The Labute approximate surface area is 80.3 Å². The van der Waals surface area contributed by atoms with Crippen LogP contribution in [0.5, 0.6) is 0 Å². The van der Waals surface area contributed by atoms with Crippen LogP contribution in [0, 0.1) is 0 Å². The molecule has 72 valence electrons. The van der Waals surface area contributed by atoms with Gasteiger partial charge in [-0.25, -0.2) is 0 Å². The minimum absolute atomic E-state index is 0.0649. The second-order valence-corrected chi connectivity index (χ2v) is 6.03. The molecule has 0 aliphatic carbocycles. The van der Waals surface area contributed by atoms with Gasteiger partial charge >= 0.3 is 0 Å².